The zero-order chi connectivity index (χ0) is 21.9. The summed E-state index contributed by atoms with van der Waals surface area (Å²) in [6.07, 6.45) is 6.52. The van der Waals surface area contributed by atoms with E-state index in [-0.39, 0.29) is 35.2 Å². The molecule has 3 fully saturated rings. The van der Waals surface area contributed by atoms with Crippen molar-refractivity contribution in [1.82, 2.24) is 4.90 Å². The molecule has 1 saturated heterocycles. The number of nitrogens with zero attached hydrogens (tertiary/aromatic N) is 1. The summed E-state index contributed by atoms with van der Waals surface area (Å²) >= 11 is 0. The van der Waals surface area contributed by atoms with Crippen LogP contribution in [0.2, 0.25) is 0 Å². The number of methoxy groups -OCH3 is 1. The van der Waals surface area contributed by atoms with Gasteiger partial charge >= 0.3 is 5.97 Å². The summed E-state index contributed by atoms with van der Waals surface area (Å²) in [5.41, 5.74) is 3.97. The van der Waals surface area contributed by atoms with Gasteiger partial charge in [0.2, 0.25) is 0 Å². The van der Waals surface area contributed by atoms with Crippen molar-refractivity contribution in [2.24, 2.45) is 23.2 Å². The van der Waals surface area contributed by atoms with E-state index in [2.05, 4.69) is 25.3 Å². The van der Waals surface area contributed by atoms with Crippen LogP contribution in [0.25, 0.3) is 0 Å². The molecule has 0 spiro atoms. The molecule has 6 atom stereocenters. The second kappa shape index (κ2) is 7.54. The van der Waals surface area contributed by atoms with Crippen LogP contribution in [0.1, 0.15) is 63.1 Å². The number of esters is 1. The van der Waals surface area contributed by atoms with Gasteiger partial charge in [-0.15, -0.1) is 0 Å². The highest BCUT2D eigenvalue weighted by Gasteiger charge is 2.55. The van der Waals surface area contributed by atoms with Crippen molar-refractivity contribution >= 4 is 5.97 Å². The molecule has 0 amide bonds. The molecule has 2 heterocycles. The van der Waals surface area contributed by atoms with E-state index in [9.17, 15) is 9.90 Å². The van der Waals surface area contributed by atoms with Crippen molar-refractivity contribution in [2.45, 2.75) is 64.5 Å². The van der Waals surface area contributed by atoms with Crippen LogP contribution < -0.4 is 4.74 Å². The SMILES string of the molecule is C=C1CCC[C@@]2(C)C[C@@H]3OC(=O)[C@@H](CN4CCc5cc(O)c(OC)cc5[C@H]4C)[C@H]3C[C@@H]12. The highest BCUT2D eigenvalue weighted by molar-refractivity contribution is 5.75. The number of rotatable bonds is 3. The predicted octanol–water partition coefficient (Wildman–Crippen LogP) is 4.63. The molecule has 168 valence electrons. The quantitative estimate of drug-likeness (QED) is 0.565. The van der Waals surface area contributed by atoms with Crippen molar-refractivity contribution in [1.29, 1.82) is 0 Å². The summed E-state index contributed by atoms with van der Waals surface area (Å²) in [6, 6.07) is 3.96. The third-order valence-corrected chi connectivity index (χ3v) is 8.86. The van der Waals surface area contributed by atoms with E-state index < -0.39 is 0 Å². The lowest BCUT2D eigenvalue weighted by Gasteiger charge is -2.50. The molecule has 1 aromatic carbocycles. The minimum Gasteiger partial charge on any atom is -0.504 e. The van der Waals surface area contributed by atoms with Gasteiger partial charge in [0.1, 0.15) is 6.10 Å². The molecular weight excluding hydrogens is 390 g/mol. The first kappa shape index (κ1) is 20.9. The van der Waals surface area contributed by atoms with Gasteiger partial charge in [0, 0.05) is 25.0 Å². The first-order valence-corrected chi connectivity index (χ1v) is 11.8. The Hall–Kier alpha value is -2.01. The minimum atomic E-state index is -0.0627. The fourth-order valence-electron chi connectivity index (χ4n) is 7.02. The Morgan fingerprint density at radius 3 is 2.94 bits per heavy atom. The Morgan fingerprint density at radius 2 is 2.16 bits per heavy atom. The topological polar surface area (TPSA) is 59.0 Å². The first-order valence-electron chi connectivity index (χ1n) is 11.8. The molecule has 2 aliphatic heterocycles. The first-order chi connectivity index (χ1) is 14.8. The largest absolute Gasteiger partial charge is 0.504 e. The number of fused-ring (bicyclic) bond motifs is 3. The maximum atomic E-state index is 13.0. The number of ether oxygens (including phenoxy) is 2. The molecule has 0 radical (unpaired) electrons. The van der Waals surface area contributed by atoms with Crippen LogP contribution in [-0.4, -0.2) is 42.3 Å². The Balaban J connectivity index is 1.36. The lowest BCUT2D eigenvalue weighted by atomic mass is 9.55. The van der Waals surface area contributed by atoms with Gasteiger partial charge in [-0.1, -0.05) is 19.1 Å². The maximum Gasteiger partial charge on any atom is 0.310 e. The van der Waals surface area contributed by atoms with Gasteiger partial charge in [-0.05, 0) is 80.0 Å². The molecule has 5 heteroatoms. The number of allylic oxidation sites excluding steroid dienone is 1. The van der Waals surface area contributed by atoms with Crippen molar-refractivity contribution in [3.63, 3.8) is 0 Å². The highest BCUT2D eigenvalue weighted by Crippen LogP contribution is 2.57. The van der Waals surface area contributed by atoms with Crippen molar-refractivity contribution in [2.75, 3.05) is 20.2 Å². The fraction of sp³-hybridized carbons (Fsp3) is 0.654. The number of phenols is 1. The second-order valence-electron chi connectivity index (χ2n) is 10.5. The summed E-state index contributed by atoms with van der Waals surface area (Å²) in [4.78, 5) is 15.4. The monoisotopic (exact) mass is 425 g/mol. The zero-order valence-electron chi connectivity index (χ0n) is 19.0. The van der Waals surface area contributed by atoms with Gasteiger partial charge in [-0.2, -0.15) is 0 Å². The third kappa shape index (κ3) is 3.36. The van der Waals surface area contributed by atoms with Crippen LogP contribution in [0.15, 0.2) is 24.3 Å². The van der Waals surface area contributed by atoms with E-state index in [0.717, 1.165) is 38.8 Å². The third-order valence-electron chi connectivity index (χ3n) is 8.86. The van der Waals surface area contributed by atoms with Crippen molar-refractivity contribution in [3.05, 3.63) is 35.4 Å². The summed E-state index contributed by atoms with van der Waals surface area (Å²) < 4.78 is 11.3. The van der Waals surface area contributed by atoms with Crippen molar-refractivity contribution < 1.29 is 19.4 Å². The Kier molecular flexibility index (Phi) is 5.08. The Morgan fingerprint density at radius 1 is 1.35 bits per heavy atom. The average Bonchev–Trinajstić information content (AvgIpc) is 3.02. The lowest BCUT2D eigenvalue weighted by molar-refractivity contribution is -0.146. The molecule has 0 unspecified atom stereocenters. The van der Waals surface area contributed by atoms with Gasteiger partial charge < -0.3 is 14.6 Å². The van der Waals surface area contributed by atoms with E-state index in [1.807, 2.05) is 12.1 Å². The second-order valence-corrected chi connectivity index (χ2v) is 10.5. The number of hydrogen-bond donors (Lipinski definition) is 1. The zero-order valence-corrected chi connectivity index (χ0v) is 19.0. The van der Waals surface area contributed by atoms with E-state index in [1.54, 1.807) is 7.11 Å². The number of hydrogen-bond acceptors (Lipinski definition) is 5. The number of aromatic hydroxyl groups is 1. The van der Waals surface area contributed by atoms with E-state index >= 15 is 0 Å². The molecule has 31 heavy (non-hydrogen) atoms. The van der Waals surface area contributed by atoms with Gasteiger partial charge in [0.05, 0.1) is 13.0 Å². The molecule has 5 nitrogen and oxygen atoms in total. The highest BCUT2D eigenvalue weighted by atomic mass is 16.6. The molecule has 1 aromatic rings. The number of phenolic OH excluding ortho intramolecular Hbond substituents is 1. The van der Waals surface area contributed by atoms with E-state index in [0.29, 0.717) is 17.6 Å². The minimum absolute atomic E-state index is 0.0101. The summed E-state index contributed by atoms with van der Waals surface area (Å²) in [5, 5.41) is 10.1. The molecule has 1 N–H and O–H groups in total. The Bertz CT molecular complexity index is 911. The molecular formula is C26H35NO4. The number of benzene rings is 1. The summed E-state index contributed by atoms with van der Waals surface area (Å²) in [7, 11) is 1.58. The average molecular weight is 426 g/mol. The smallest absolute Gasteiger partial charge is 0.310 e. The summed E-state index contributed by atoms with van der Waals surface area (Å²) in [6.45, 7) is 10.6. The Labute approximate surface area is 185 Å². The molecule has 5 rings (SSSR count). The van der Waals surface area contributed by atoms with E-state index in [1.165, 1.54) is 29.5 Å². The van der Waals surface area contributed by atoms with Crippen LogP contribution >= 0.6 is 0 Å². The standard InChI is InChI=1S/C26H35NO4/c1-15-6-5-8-26(3)13-24-19(11-21(15)26)20(25(29)31-24)14-27-9-7-17-10-22(28)23(30-4)12-18(17)16(27)2/h10,12,16,19-21,24,28H,1,5-9,11,13-14H2,2-4H3/t16-,19-,20+,21+,24+,26+/m1/s1. The predicted molar refractivity (Wildman–Crippen MR) is 119 cm³/mol. The van der Waals surface area contributed by atoms with Crippen molar-refractivity contribution in [3.8, 4) is 11.5 Å². The van der Waals surface area contributed by atoms with Gasteiger partial charge in [0.15, 0.2) is 11.5 Å². The normalized spacial score (nSPS) is 37.6. The lowest BCUT2D eigenvalue weighted by Crippen LogP contribution is -2.46. The fourth-order valence-corrected chi connectivity index (χ4v) is 7.02. The van der Waals surface area contributed by atoms with Gasteiger partial charge in [0.25, 0.3) is 0 Å². The maximum absolute atomic E-state index is 13.0. The molecule has 2 saturated carbocycles. The van der Waals surface area contributed by atoms with Crippen LogP contribution in [0.4, 0.5) is 0 Å². The number of carbonyl (C=O) groups excluding carboxylic acids is 1. The van der Waals surface area contributed by atoms with Gasteiger partial charge in [-0.25, -0.2) is 0 Å². The molecule has 0 aromatic heterocycles. The summed E-state index contributed by atoms with van der Waals surface area (Å²) in [5.74, 6) is 1.45. The molecule has 0 bridgehead atoms. The number of carbonyl (C=O) groups is 1. The van der Waals surface area contributed by atoms with Gasteiger partial charge in [-0.3, -0.25) is 9.69 Å². The van der Waals surface area contributed by atoms with Crippen LogP contribution in [0, 0.1) is 23.2 Å². The van der Waals surface area contributed by atoms with Crippen LogP contribution in [0.5, 0.6) is 11.5 Å². The van der Waals surface area contributed by atoms with Crippen LogP contribution in [-0.2, 0) is 16.0 Å². The van der Waals surface area contributed by atoms with E-state index in [4.69, 9.17) is 9.47 Å². The molecule has 2 aliphatic carbocycles. The van der Waals surface area contributed by atoms with Crippen LogP contribution in [0.3, 0.4) is 0 Å². The molecule has 4 aliphatic rings.